The van der Waals surface area contributed by atoms with Crippen molar-refractivity contribution in [1.29, 1.82) is 5.41 Å². The van der Waals surface area contributed by atoms with Crippen molar-refractivity contribution in [3.63, 3.8) is 0 Å². The second-order valence-corrected chi connectivity index (χ2v) is 11.4. The molecule has 1 saturated carbocycles. The second kappa shape index (κ2) is 9.50. The van der Waals surface area contributed by atoms with Crippen LogP contribution in [0.2, 0.25) is 0 Å². The average molecular weight is 519 g/mol. The molecule has 3 fully saturated rings. The van der Waals surface area contributed by atoms with Crippen molar-refractivity contribution < 1.29 is 33.0 Å². The minimum absolute atomic E-state index is 0.0580. The average Bonchev–Trinajstić information content (AvgIpc) is 3.08. The molecule has 2 saturated heterocycles. The van der Waals surface area contributed by atoms with Crippen molar-refractivity contribution in [1.82, 2.24) is 5.32 Å². The molecule has 10 nitrogen and oxygen atoms in total. The molecule has 202 valence electrons. The summed E-state index contributed by atoms with van der Waals surface area (Å²) in [6.07, 6.45) is -1.08. The Labute approximate surface area is 215 Å². The van der Waals surface area contributed by atoms with Crippen molar-refractivity contribution in [3.8, 4) is 0 Å². The van der Waals surface area contributed by atoms with E-state index in [1.807, 2.05) is 4.90 Å². The molecule has 0 aromatic heterocycles. The number of hydrogen-bond acceptors (Lipinski definition) is 8. The van der Waals surface area contributed by atoms with Gasteiger partial charge in [-0.2, -0.15) is 0 Å². The molecule has 2 N–H and O–H groups in total. The first-order valence-corrected chi connectivity index (χ1v) is 12.4. The van der Waals surface area contributed by atoms with Crippen LogP contribution >= 0.6 is 0 Å². The SMILES string of the molecule is CC(=O)NC[C@H]1CN(c2ccc(N3C[C@@H]4C(C(=N)OC(C)(C)C(=O)OC(C)(C)C)[C@@H]4C3)c(F)c2)C(=O)O1. The van der Waals surface area contributed by atoms with E-state index < -0.39 is 35.2 Å². The molecule has 1 unspecified atom stereocenters. The molecule has 0 radical (unpaired) electrons. The zero-order valence-corrected chi connectivity index (χ0v) is 22.1. The zero-order chi connectivity index (χ0) is 27.3. The largest absolute Gasteiger partial charge is 0.463 e. The summed E-state index contributed by atoms with van der Waals surface area (Å²) in [7, 11) is 0. The number of rotatable bonds is 7. The number of amides is 2. The van der Waals surface area contributed by atoms with Gasteiger partial charge >= 0.3 is 12.1 Å². The summed E-state index contributed by atoms with van der Waals surface area (Å²) in [4.78, 5) is 39.1. The van der Waals surface area contributed by atoms with E-state index in [-0.39, 0.29) is 42.6 Å². The summed E-state index contributed by atoms with van der Waals surface area (Å²) in [6.45, 7) is 11.4. The number of nitrogens with zero attached hydrogens (tertiary/aromatic N) is 2. The Kier molecular flexibility index (Phi) is 6.85. The van der Waals surface area contributed by atoms with Crippen LogP contribution in [0.1, 0.15) is 41.5 Å². The molecule has 1 aromatic carbocycles. The monoisotopic (exact) mass is 518 g/mol. The van der Waals surface area contributed by atoms with E-state index in [1.54, 1.807) is 46.8 Å². The molecular formula is C26H35FN4O6. The summed E-state index contributed by atoms with van der Waals surface area (Å²) in [5.41, 5.74) is -1.11. The number of anilines is 2. The number of ether oxygens (including phenoxy) is 3. The van der Waals surface area contributed by atoms with E-state index in [9.17, 15) is 14.4 Å². The normalized spacial score (nSPS) is 24.9. The van der Waals surface area contributed by atoms with Gasteiger partial charge in [-0.1, -0.05) is 0 Å². The molecule has 0 bridgehead atoms. The quantitative estimate of drug-likeness (QED) is 0.323. The molecule has 4 atom stereocenters. The number of esters is 1. The van der Waals surface area contributed by atoms with Gasteiger partial charge in [-0.3, -0.25) is 15.1 Å². The molecule has 3 aliphatic rings. The van der Waals surface area contributed by atoms with Gasteiger partial charge in [-0.05, 0) is 64.7 Å². The summed E-state index contributed by atoms with van der Waals surface area (Å²) in [5, 5.41) is 11.0. The second-order valence-electron chi connectivity index (χ2n) is 11.4. The predicted molar refractivity (Wildman–Crippen MR) is 134 cm³/mol. The summed E-state index contributed by atoms with van der Waals surface area (Å²) in [6, 6.07) is 4.63. The van der Waals surface area contributed by atoms with Gasteiger partial charge < -0.3 is 24.4 Å². The molecule has 37 heavy (non-hydrogen) atoms. The van der Waals surface area contributed by atoms with Crippen LogP contribution in [-0.4, -0.2) is 67.4 Å². The summed E-state index contributed by atoms with van der Waals surface area (Å²) >= 11 is 0. The van der Waals surface area contributed by atoms with Gasteiger partial charge in [0.25, 0.3) is 0 Å². The Hall–Kier alpha value is -3.37. The number of piperidine rings is 1. The third-order valence-electron chi connectivity index (χ3n) is 6.79. The van der Waals surface area contributed by atoms with E-state index in [1.165, 1.54) is 17.9 Å². The van der Waals surface area contributed by atoms with Crippen molar-refractivity contribution in [2.24, 2.45) is 17.8 Å². The van der Waals surface area contributed by atoms with E-state index in [0.29, 0.717) is 24.5 Å². The van der Waals surface area contributed by atoms with Gasteiger partial charge in [0, 0.05) is 25.9 Å². The number of carbonyl (C=O) groups is 3. The molecular weight excluding hydrogens is 483 g/mol. The van der Waals surface area contributed by atoms with Crippen molar-refractivity contribution >= 4 is 35.2 Å². The molecule has 1 aromatic rings. The fourth-order valence-electron chi connectivity index (χ4n) is 4.91. The van der Waals surface area contributed by atoms with Gasteiger partial charge in [0.1, 0.15) is 17.5 Å². The molecule has 0 spiro atoms. The topological polar surface area (TPSA) is 121 Å². The van der Waals surface area contributed by atoms with Crippen LogP contribution in [0.5, 0.6) is 0 Å². The van der Waals surface area contributed by atoms with Crippen LogP contribution in [0.3, 0.4) is 0 Å². The lowest BCUT2D eigenvalue weighted by Crippen LogP contribution is -2.43. The third kappa shape index (κ3) is 5.80. The molecule has 1 aliphatic carbocycles. The first-order valence-electron chi connectivity index (χ1n) is 12.4. The molecule has 2 heterocycles. The van der Waals surface area contributed by atoms with E-state index in [0.717, 1.165) is 0 Å². The first kappa shape index (κ1) is 26.7. The highest BCUT2D eigenvalue weighted by Crippen LogP contribution is 2.54. The minimum atomic E-state index is -1.28. The van der Waals surface area contributed by atoms with Crippen LogP contribution in [0.15, 0.2) is 18.2 Å². The van der Waals surface area contributed by atoms with Gasteiger partial charge in [0.2, 0.25) is 11.5 Å². The molecule has 2 aliphatic heterocycles. The van der Waals surface area contributed by atoms with Crippen LogP contribution in [-0.2, 0) is 23.8 Å². The zero-order valence-electron chi connectivity index (χ0n) is 22.1. The maximum Gasteiger partial charge on any atom is 0.414 e. The Balaban J connectivity index is 1.32. The first-order chi connectivity index (χ1) is 17.2. The molecule has 11 heteroatoms. The smallest absolute Gasteiger partial charge is 0.414 e. The number of nitrogens with one attached hydrogen (secondary N) is 2. The maximum atomic E-state index is 15.1. The van der Waals surface area contributed by atoms with Crippen LogP contribution < -0.4 is 15.1 Å². The number of fused-ring (bicyclic) bond motifs is 1. The lowest BCUT2D eigenvalue weighted by atomic mass is 10.1. The van der Waals surface area contributed by atoms with Crippen molar-refractivity contribution in [3.05, 3.63) is 24.0 Å². The predicted octanol–water partition coefficient (Wildman–Crippen LogP) is 3.08. The number of cyclic esters (lactones) is 1. The number of carbonyl (C=O) groups excluding carboxylic acids is 3. The maximum absolute atomic E-state index is 15.1. The highest BCUT2D eigenvalue weighted by Gasteiger charge is 2.60. The van der Waals surface area contributed by atoms with Crippen molar-refractivity contribution in [2.75, 3.05) is 36.0 Å². The summed E-state index contributed by atoms with van der Waals surface area (Å²) < 4.78 is 31.5. The van der Waals surface area contributed by atoms with Crippen LogP contribution in [0.4, 0.5) is 20.6 Å². The lowest BCUT2D eigenvalue weighted by molar-refractivity contribution is -0.172. The van der Waals surface area contributed by atoms with Crippen LogP contribution in [0.25, 0.3) is 0 Å². The Morgan fingerprint density at radius 1 is 1.14 bits per heavy atom. The Morgan fingerprint density at radius 3 is 2.35 bits per heavy atom. The van der Waals surface area contributed by atoms with Crippen molar-refractivity contribution in [2.45, 2.75) is 58.8 Å². The standard InChI is InChI=1S/C26H35FN4O6/c1-14(32)29-10-16-11-31(24(34)35-16)15-7-8-20(19(27)9-15)30-12-17-18(13-30)21(17)22(28)36-26(5,6)23(33)37-25(2,3)4/h7-9,16-18,21,28H,10-13H2,1-6H3,(H,29,32)/t16-,17-,18+,21?/m0/s1. The summed E-state index contributed by atoms with van der Waals surface area (Å²) in [5.74, 6) is -0.964. The lowest BCUT2D eigenvalue weighted by Gasteiger charge is -2.30. The minimum Gasteiger partial charge on any atom is -0.463 e. The Morgan fingerprint density at radius 2 is 1.78 bits per heavy atom. The van der Waals surface area contributed by atoms with E-state index in [4.69, 9.17) is 19.6 Å². The molecule has 4 rings (SSSR count). The van der Waals surface area contributed by atoms with Crippen LogP contribution in [0, 0.1) is 29.0 Å². The highest BCUT2D eigenvalue weighted by molar-refractivity contribution is 5.90. The number of hydrogen-bond donors (Lipinski definition) is 2. The van der Waals surface area contributed by atoms with Gasteiger partial charge in [0.15, 0.2) is 5.90 Å². The third-order valence-corrected chi connectivity index (χ3v) is 6.79. The van der Waals surface area contributed by atoms with Gasteiger partial charge in [0.05, 0.1) is 24.5 Å². The fraction of sp³-hybridized carbons (Fsp3) is 0.615. The Bertz CT molecular complexity index is 1100. The highest BCUT2D eigenvalue weighted by atomic mass is 19.1. The fourth-order valence-corrected chi connectivity index (χ4v) is 4.91. The van der Waals surface area contributed by atoms with Gasteiger partial charge in [-0.25, -0.2) is 14.0 Å². The van der Waals surface area contributed by atoms with E-state index in [2.05, 4.69) is 5.32 Å². The van der Waals surface area contributed by atoms with E-state index >= 15 is 4.39 Å². The number of halogens is 1. The van der Waals surface area contributed by atoms with Gasteiger partial charge in [-0.15, -0.1) is 0 Å². The molecule has 2 amide bonds. The number of benzene rings is 1.